The van der Waals surface area contributed by atoms with E-state index in [0.717, 1.165) is 51.8 Å². The van der Waals surface area contributed by atoms with Crippen molar-refractivity contribution in [2.45, 2.75) is 112 Å². The molecule has 34 heavy (non-hydrogen) atoms. The van der Waals surface area contributed by atoms with Gasteiger partial charge in [0.2, 0.25) is 0 Å². The van der Waals surface area contributed by atoms with E-state index in [1.807, 2.05) is 0 Å². The third-order valence-electron chi connectivity index (χ3n) is 6.95. The zero-order valence-electron chi connectivity index (χ0n) is 24.1. The van der Waals surface area contributed by atoms with Gasteiger partial charge in [-0.1, -0.05) is 73.5 Å². The molecule has 0 aromatic rings. The molecule has 0 aromatic carbocycles. The first-order valence-corrected chi connectivity index (χ1v) is 13.8. The van der Waals surface area contributed by atoms with Crippen molar-refractivity contribution in [1.29, 1.82) is 0 Å². The number of nitrogens with zero attached hydrogens (tertiary/aromatic N) is 1. The summed E-state index contributed by atoms with van der Waals surface area (Å²) in [5.74, 6) is 0. The quantitative estimate of drug-likeness (QED) is 0.253. The van der Waals surface area contributed by atoms with Gasteiger partial charge in [0, 0.05) is 26.8 Å². The first-order chi connectivity index (χ1) is 16.1. The molecule has 0 bridgehead atoms. The fraction of sp³-hybridized carbons (Fsp3) is 0.931. The van der Waals surface area contributed by atoms with Crippen LogP contribution < -0.4 is 0 Å². The summed E-state index contributed by atoms with van der Waals surface area (Å²) < 4.78 is 16.7. The van der Waals surface area contributed by atoms with Gasteiger partial charge >= 0.3 is 0 Å². The summed E-state index contributed by atoms with van der Waals surface area (Å²) in [5.41, 5.74) is 1.98. The lowest BCUT2D eigenvalue weighted by Gasteiger charge is -2.37. The van der Waals surface area contributed by atoms with Crippen LogP contribution in [0.25, 0.3) is 0 Å². The van der Waals surface area contributed by atoms with Crippen LogP contribution in [-0.4, -0.2) is 75.4 Å². The zero-order chi connectivity index (χ0) is 26.0. The predicted octanol–water partition coefficient (Wildman–Crippen LogP) is 6.49. The molecule has 1 heterocycles. The van der Waals surface area contributed by atoms with Crippen LogP contribution in [0.5, 0.6) is 0 Å². The number of likely N-dealkylation sites (tertiary alicyclic amines) is 1. The van der Waals surface area contributed by atoms with Gasteiger partial charge in [0.05, 0.1) is 32.0 Å². The molecule has 1 unspecified atom stereocenters. The fourth-order valence-corrected chi connectivity index (χ4v) is 4.30. The molecule has 1 aliphatic heterocycles. The standard InChI is InChI=1S/C16H33NO3.C10H18O.C3H8/c1-5-6-9-19-13-15(20-11-10-18-4)12-17-8-7-16(2,3)14-17;1-4-10(3)6-5-9(11)7-8(10)2;1-3-2/h15H,5-14H2,1-4H3;9,11H,2,4-7H2,1,3H3;3H2,1-2H3/t;9-,10-;/m.0./s1. The maximum Gasteiger partial charge on any atom is 0.0936 e. The second-order valence-electron chi connectivity index (χ2n) is 11.2. The van der Waals surface area contributed by atoms with Gasteiger partial charge in [-0.25, -0.2) is 0 Å². The Balaban J connectivity index is 0.000000651. The van der Waals surface area contributed by atoms with E-state index in [9.17, 15) is 5.11 Å². The number of unbranched alkanes of at least 4 members (excludes halogenated alkanes) is 1. The molecule has 1 N–H and O–H groups in total. The number of rotatable bonds is 12. The molecular weight excluding hydrogens is 426 g/mol. The highest BCUT2D eigenvalue weighted by Gasteiger charge is 2.32. The van der Waals surface area contributed by atoms with Gasteiger partial charge < -0.3 is 24.2 Å². The number of aliphatic hydroxyl groups is 1. The van der Waals surface area contributed by atoms with Gasteiger partial charge in [-0.3, -0.25) is 0 Å². The monoisotopic (exact) mass is 485 g/mol. The van der Waals surface area contributed by atoms with Crippen LogP contribution in [0.4, 0.5) is 0 Å². The van der Waals surface area contributed by atoms with Gasteiger partial charge in [-0.2, -0.15) is 0 Å². The molecule has 3 atom stereocenters. The van der Waals surface area contributed by atoms with Crippen molar-refractivity contribution in [2.24, 2.45) is 10.8 Å². The largest absolute Gasteiger partial charge is 0.393 e. The molecule has 2 fully saturated rings. The highest BCUT2D eigenvalue weighted by Crippen LogP contribution is 2.41. The van der Waals surface area contributed by atoms with Crippen LogP contribution in [0.3, 0.4) is 0 Å². The summed E-state index contributed by atoms with van der Waals surface area (Å²) in [6.45, 7) is 25.7. The first-order valence-electron chi connectivity index (χ1n) is 13.8. The molecule has 0 amide bonds. The molecule has 1 aliphatic carbocycles. The summed E-state index contributed by atoms with van der Waals surface area (Å²) in [5, 5.41) is 9.35. The van der Waals surface area contributed by atoms with Crippen molar-refractivity contribution >= 4 is 0 Å². The number of hydrogen-bond acceptors (Lipinski definition) is 5. The van der Waals surface area contributed by atoms with Crippen LogP contribution in [0.2, 0.25) is 0 Å². The summed E-state index contributed by atoms with van der Waals surface area (Å²) in [6.07, 6.45) is 8.87. The Labute approximate surface area is 212 Å². The Morgan fingerprint density at radius 2 is 1.76 bits per heavy atom. The van der Waals surface area contributed by atoms with Crippen molar-refractivity contribution in [3.63, 3.8) is 0 Å². The molecule has 2 aliphatic rings. The smallest absolute Gasteiger partial charge is 0.0936 e. The van der Waals surface area contributed by atoms with Gasteiger partial charge in [0.1, 0.15) is 0 Å². The Bertz CT molecular complexity index is 510. The number of hydrogen-bond donors (Lipinski definition) is 1. The topological polar surface area (TPSA) is 51.2 Å². The molecule has 5 nitrogen and oxygen atoms in total. The second-order valence-corrected chi connectivity index (χ2v) is 11.2. The van der Waals surface area contributed by atoms with Crippen molar-refractivity contribution in [2.75, 3.05) is 53.2 Å². The maximum atomic E-state index is 9.35. The van der Waals surface area contributed by atoms with Crippen LogP contribution in [-0.2, 0) is 14.2 Å². The second kappa shape index (κ2) is 18.8. The normalized spacial score (nSPS) is 25.2. The molecule has 0 radical (unpaired) electrons. The lowest BCUT2D eigenvalue weighted by molar-refractivity contribution is -0.0449. The summed E-state index contributed by atoms with van der Waals surface area (Å²) >= 11 is 0. The summed E-state index contributed by atoms with van der Waals surface area (Å²) in [4.78, 5) is 2.50. The minimum Gasteiger partial charge on any atom is -0.393 e. The van der Waals surface area contributed by atoms with Crippen LogP contribution >= 0.6 is 0 Å². The lowest BCUT2D eigenvalue weighted by Crippen LogP contribution is -2.37. The van der Waals surface area contributed by atoms with E-state index in [2.05, 4.69) is 59.9 Å². The van der Waals surface area contributed by atoms with Gasteiger partial charge in [0.15, 0.2) is 0 Å². The van der Waals surface area contributed by atoms with Crippen LogP contribution in [0.15, 0.2) is 12.2 Å². The average molecular weight is 486 g/mol. The summed E-state index contributed by atoms with van der Waals surface area (Å²) in [7, 11) is 1.71. The Morgan fingerprint density at radius 3 is 2.26 bits per heavy atom. The van der Waals surface area contributed by atoms with E-state index < -0.39 is 0 Å². The van der Waals surface area contributed by atoms with E-state index >= 15 is 0 Å². The Morgan fingerprint density at radius 1 is 1.09 bits per heavy atom. The van der Waals surface area contributed by atoms with Crippen molar-refractivity contribution in [1.82, 2.24) is 4.90 Å². The molecule has 0 spiro atoms. The van der Waals surface area contributed by atoms with Gasteiger partial charge in [-0.15, -0.1) is 0 Å². The summed E-state index contributed by atoms with van der Waals surface area (Å²) in [6, 6.07) is 0. The SMILES string of the molecule is C=C1C[C@@H](O)CC[C@]1(C)CC.CCC.CCCCOCC(CN1CCC(C)(C)C1)OCCOC. The van der Waals surface area contributed by atoms with Crippen LogP contribution in [0, 0.1) is 10.8 Å². The maximum absolute atomic E-state index is 9.35. The van der Waals surface area contributed by atoms with Crippen molar-refractivity contribution < 1.29 is 19.3 Å². The molecule has 5 heteroatoms. The predicted molar refractivity (Wildman–Crippen MR) is 146 cm³/mol. The third kappa shape index (κ3) is 14.8. The molecule has 1 saturated heterocycles. The van der Waals surface area contributed by atoms with Gasteiger partial charge in [0.25, 0.3) is 0 Å². The molecule has 1 saturated carbocycles. The minimum atomic E-state index is -0.123. The number of ether oxygens (including phenoxy) is 3. The number of aliphatic hydroxyl groups excluding tert-OH is 1. The minimum absolute atomic E-state index is 0.123. The van der Waals surface area contributed by atoms with Crippen molar-refractivity contribution in [3.05, 3.63) is 12.2 Å². The highest BCUT2D eigenvalue weighted by atomic mass is 16.5. The van der Waals surface area contributed by atoms with E-state index in [0.29, 0.717) is 30.7 Å². The van der Waals surface area contributed by atoms with E-state index in [-0.39, 0.29) is 12.2 Å². The molecule has 2 rings (SSSR count). The average Bonchev–Trinajstić information content (AvgIpc) is 3.13. The molecule has 204 valence electrons. The lowest BCUT2D eigenvalue weighted by atomic mass is 9.70. The molecule has 0 aromatic heterocycles. The zero-order valence-corrected chi connectivity index (χ0v) is 24.1. The fourth-order valence-electron chi connectivity index (χ4n) is 4.30. The van der Waals surface area contributed by atoms with Gasteiger partial charge in [-0.05, 0) is 55.9 Å². The highest BCUT2D eigenvalue weighted by molar-refractivity contribution is 5.12. The Kier molecular flexibility index (Phi) is 18.5. The van der Waals surface area contributed by atoms with E-state index in [1.54, 1.807) is 7.11 Å². The van der Waals surface area contributed by atoms with Crippen molar-refractivity contribution in [3.8, 4) is 0 Å². The Hall–Kier alpha value is -0.460. The molecular formula is C29H59NO4. The van der Waals surface area contributed by atoms with Crippen LogP contribution in [0.1, 0.15) is 99.8 Å². The first kappa shape index (κ1) is 33.5. The number of methoxy groups -OCH3 is 1. The third-order valence-corrected chi connectivity index (χ3v) is 6.95. The van der Waals surface area contributed by atoms with E-state index in [1.165, 1.54) is 31.4 Å². The van der Waals surface area contributed by atoms with E-state index in [4.69, 9.17) is 14.2 Å².